The molecule has 30 heavy (non-hydrogen) atoms. The average molecular weight is 433 g/mol. The fourth-order valence-electron chi connectivity index (χ4n) is 3.12. The number of sulfonamides is 1. The van der Waals surface area contributed by atoms with Gasteiger partial charge in [-0.2, -0.15) is 0 Å². The summed E-state index contributed by atoms with van der Waals surface area (Å²) in [5.41, 5.74) is 2.84. The van der Waals surface area contributed by atoms with Crippen LogP contribution < -0.4 is 9.62 Å². The van der Waals surface area contributed by atoms with Crippen molar-refractivity contribution in [3.05, 3.63) is 59.2 Å². The Bertz CT molecular complexity index is 1030. The minimum absolute atomic E-state index is 0.202. The van der Waals surface area contributed by atoms with Gasteiger partial charge >= 0.3 is 5.97 Å². The third-order valence-electron chi connectivity index (χ3n) is 4.75. The predicted molar refractivity (Wildman–Crippen MR) is 118 cm³/mol. The largest absolute Gasteiger partial charge is 0.462 e. The molecular weight excluding hydrogens is 404 g/mol. The normalized spacial score (nSPS) is 12.2. The second-order valence-electron chi connectivity index (χ2n) is 7.01. The number of rotatable bonds is 8. The smallest absolute Gasteiger partial charge is 0.340 e. The van der Waals surface area contributed by atoms with E-state index in [1.54, 1.807) is 50.2 Å². The van der Waals surface area contributed by atoms with E-state index in [9.17, 15) is 18.0 Å². The number of amides is 1. The summed E-state index contributed by atoms with van der Waals surface area (Å²) >= 11 is 0. The van der Waals surface area contributed by atoms with E-state index >= 15 is 0 Å². The Kier molecular flexibility index (Phi) is 7.61. The van der Waals surface area contributed by atoms with Crippen LogP contribution in [0.25, 0.3) is 0 Å². The zero-order valence-electron chi connectivity index (χ0n) is 17.9. The van der Waals surface area contributed by atoms with Gasteiger partial charge in [-0.25, -0.2) is 13.2 Å². The van der Waals surface area contributed by atoms with Crippen molar-refractivity contribution in [1.29, 1.82) is 0 Å². The standard InChI is InChI=1S/C22H28N2O5S/c1-6-20(24(30(5,27)28)17-13-12-15(3)16(4)14-17)21(25)23-19-11-9-8-10-18(19)22(26)29-7-2/h8-14,20H,6-7H2,1-5H3,(H,23,25)/t20-/m0/s1. The number of carbonyl (C=O) groups excluding carboxylic acids is 2. The Morgan fingerprint density at radius 2 is 1.73 bits per heavy atom. The van der Waals surface area contributed by atoms with Gasteiger partial charge in [0, 0.05) is 0 Å². The van der Waals surface area contributed by atoms with E-state index in [1.807, 2.05) is 19.9 Å². The Labute approximate surface area is 178 Å². The number of nitrogens with one attached hydrogen (secondary N) is 1. The van der Waals surface area contributed by atoms with Gasteiger partial charge in [0.25, 0.3) is 0 Å². The monoisotopic (exact) mass is 432 g/mol. The fourth-order valence-corrected chi connectivity index (χ4v) is 4.32. The lowest BCUT2D eigenvalue weighted by Crippen LogP contribution is -2.47. The van der Waals surface area contributed by atoms with Gasteiger partial charge in [-0.15, -0.1) is 0 Å². The molecule has 1 atom stereocenters. The molecule has 1 N–H and O–H groups in total. The van der Waals surface area contributed by atoms with Crippen molar-refractivity contribution in [3.8, 4) is 0 Å². The van der Waals surface area contributed by atoms with E-state index in [4.69, 9.17) is 4.74 Å². The number of hydrogen-bond acceptors (Lipinski definition) is 5. The first-order valence-electron chi connectivity index (χ1n) is 9.73. The number of ether oxygens (including phenoxy) is 1. The minimum Gasteiger partial charge on any atom is -0.462 e. The van der Waals surface area contributed by atoms with E-state index in [1.165, 1.54) is 0 Å². The van der Waals surface area contributed by atoms with Gasteiger partial charge in [-0.05, 0) is 62.6 Å². The second-order valence-corrected chi connectivity index (χ2v) is 8.87. The van der Waals surface area contributed by atoms with Crippen LogP contribution >= 0.6 is 0 Å². The highest BCUT2D eigenvalue weighted by Crippen LogP contribution is 2.26. The van der Waals surface area contributed by atoms with Crippen molar-refractivity contribution in [2.75, 3.05) is 22.5 Å². The van der Waals surface area contributed by atoms with Gasteiger partial charge in [0.2, 0.25) is 15.9 Å². The SMILES string of the molecule is CCOC(=O)c1ccccc1NC(=O)[C@H](CC)N(c1ccc(C)c(C)c1)S(C)(=O)=O. The van der Waals surface area contributed by atoms with Crippen LogP contribution in [0.1, 0.15) is 41.8 Å². The van der Waals surface area contributed by atoms with E-state index in [0.29, 0.717) is 5.69 Å². The van der Waals surface area contributed by atoms with Crippen LogP contribution in [-0.4, -0.2) is 39.2 Å². The molecule has 0 heterocycles. The summed E-state index contributed by atoms with van der Waals surface area (Å²) in [6, 6.07) is 10.7. The maximum atomic E-state index is 13.1. The molecule has 0 saturated carbocycles. The summed E-state index contributed by atoms with van der Waals surface area (Å²) in [5.74, 6) is -1.09. The Balaban J connectivity index is 2.43. The quantitative estimate of drug-likeness (QED) is 0.643. The summed E-state index contributed by atoms with van der Waals surface area (Å²) in [7, 11) is -3.75. The van der Waals surface area contributed by atoms with Crippen molar-refractivity contribution in [2.45, 2.75) is 40.2 Å². The highest BCUT2D eigenvalue weighted by Gasteiger charge is 2.32. The van der Waals surface area contributed by atoms with Crippen LogP contribution in [-0.2, 0) is 19.6 Å². The molecule has 0 aromatic heterocycles. The van der Waals surface area contributed by atoms with Crippen LogP contribution in [0.4, 0.5) is 11.4 Å². The lowest BCUT2D eigenvalue weighted by atomic mass is 10.1. The van der Waals surface area contributed by atoms with Gasteiger partial charge in [-0.1, -0.05) is 25.1 Å². The number of nitrogens with zero attached hydrogens (tertiary/aromatic N) is 1. The Morgan fingerprint density at radius 3 is 2.30 bits per heavy atom. The van der Waals surface area contributed by atoms with Crippen LogP contribution in [0.3, 0.4) is 0 Å². The topological polar surface area (TPSA) is 92.8 Å². The van der Waals surface area contributed by atoms with Crippen LogP contribution in [0, 0.1) is 13.8 Å². The first-order valence-corrected chi connectivity index (χ1v) is 11.6. The zero-order valence-corrected chi connectivity index (χ0v) is 18.7. The van der Waals surface area contributed by atoms with Crippen LogP contribution in [0.5, 0.6) is 0 Å². The van der Waals surface area contributed by atoms with Gasteiger partial charge in [0.15, 0.2) is 0 Å². The van der Waals surface area contributed by atoms with Crippen molar-refractivity contribution >= 4 is 33.3 Å². The first kappa shape index (κ1) is 23.4. The molecule has 0 fully saturated rings. The maximum Gasteiger partial charge on any atom is 0.340 e. The molecule has 0 aliphatic heterocycles. The summed E-state index contributed by atoms with van der Waals surface area (Å²) < 4.78 is 31.4. The molecule has 0 bridgehead atoms. The molecule has 0 spiro atoms. The Hall–Kier alpha value is -2.87. The Morgan fingerprint density at radius 1 is 1.07 bits per heavy atom. The highest BCUT2D eigenvalue weighted by molar-refractivity contribution is 7.92. The highest BCUT2D eigenvalue weighted by atomic mass is 32.2. The number of para-hydroxylation sites is 1. The van der Waals surface area contributed by atoms with Crippen molar-refractivity contribution in [3.63, 3.8) is 0 Å². The molecule has 2 rings (SSSR count). The summed E-state index contributed by atoms with van der Waals surface area (Å²) in [6.45, 7) is 7.45. The summed E-state index contributed by atoms with van der Waals surface area (Å²) in [4.78, 5) is 25.3. The number of hydrogen-bond donors (Lipinski definition) is 1. The van der Waals surface area contributed by atoms with Crippen molar-refractivity contribution in [2.24, 2.45) is 0 Å². The lowest BCUT2D eigenvalue weighted by Gasteiger charge is -2.30. The first-order chi connectivity index (χ1) is 14.1. The molecule has 0 aliphatic rings. The molecule has 162 valence electrons. The molecular formula is C22H28N2O5S. The molecule has 8 heteroatoms. The van der Waals surface area contributed by atoms with Crippen LogP contribution in [0.2, 0.25) is 0 Å². The predicted octanol–water partition coefficient (Wildman–Crippen LogP) is 3.66. The molecule has 0 saturated heterocycles. The molecule has 2 aromatic rings. The molecule has 2 aromatic carbocycles. The minimum atomic E-state index is -3.75. The van der Waals surface area contributed by atoms with E-state index < -0.39 is 27.9 Å². The lowest BCUT2D eigenvalue weighted by molar-refractivity contribution is -0.117. The number of esters is 1. The number of carbonyl (C=O) groups is 2. The molecule has 1 amide bonds. The van der Waals surface area contributed by atoms with Gasteiger partial charge < -0.3 is 10.1 Å². The summed E-state index contributed by atoms with van der Waals surface area (Å²) in [5, 5.41) is 2.70. The van der Waals surface area contributed by atoms with E-state index in [2.05, 4.69) is 5.32 Å². The second kappa shape index (κ2) is 9.75. The number of benzene rings is 2. The molecule has 0 aliphatic carbocycles. The molecule has 0 radical (unpaired) electrons. The number of aryl methyl sites for hydroxylation is 2. The fraction of sp³-hybridized carbons (Fsp3) is 0.364. The molecule has 7 nitrogen and oxygen atoms in total. The average Bonchev–Trinajstić information content (AvgIpc) is 2.67. The van der Waals surface area contributed by atoms with Crippen LogP contribution in [0.15, 0.2) is 42.5 Å². The summed E-state index contributed by atoms with van der Waals surface area (Å²) in [6.07, 6.45) is 1.32. The molecule has 0 unspecified atom stereocenters. The van der Waals surface area contributed by atoms with E-state index in [0.717, 1.165) is 21.7 Å². The van der Waals surface area contributed by atoms with Crippen molar-refractivity contribution < 1.29 is 22.7 Å². The maximum absolute atomic E-state index is 13.1. The number of anilines is 2. The third kappa shape index (κ3) is 5.38. The van der Waals surface area contributed by atoms with Gasteiger partial charge in [-0.3, -0.25) is 9.10 Å². The van der Waals surface area contributed by atoms with Gasteiger partial charge in [0.1, 0.15) is 6.04 Å². The van der Waals surface area contributed by atoms with Gasteiger partial charge in [0.05, 0.1) is 29.8 Å². The third-order valence-corrected chi connectivity index (χ3v) is 5.93. The van der Waals surface area contributed by atoms with Crippen molar-refractivity contribution in [1.82, 2.24) is 0 Å². The van der Waals surface area contributed by atoms with E-state index in [-0.39, 0.29) is 24.3 Å². The zero-order chi connectivity index (χ0) is 22.5.